The van der Waals surface area contributed by atoms with Gasteiger partial charge < -0.3 is 9.47 Å². The third-order valence-electron chi connectivity index (χ3n) is 2.37. The van der Waals surface area contributed by atoms with E-state index in [-0.39, 0.29) is 11.9 Å². The molecule has 0 fully saturated rings. The van der Waals surface area contributed by atoms with Gasteiger partial charge in [0, 0.05) is 5.56 Å². The highest BCUT2D eigenvalue weighted by molar-refractivity contribution is 6.03. The molecule has 100 valence electrons. The van der Waals surface area contributed by atoms with Crippen molar-refractivity contribution in [2.45, 2.75) is 6.92 Å². The minimum Gasteiger partial charge on any atom is -0.493 e. The standard InChI is InChI=1S/C12H14N4O3/c1-3-19-9-5-4-8(6-10(9)18-2)11(17)15-12-13-7-14-16-12/h4-7H,3H2,1-2H3,(H2,13,14,15,16,17). The number of carbonyl (C=O) groups is 1. The number of hydrogen-bond acceptors (Lipinski definition) is 5. The molecule has 0 aliphatic rings. The van der Waals surface area contributed by atoms with E-state index >= 15 is 0 Å². The first kappa shape index (κ1) is 12.9. The van der Waals surface area contributed by atoms with Gasteiger partial charge in [0.2, 0.25) is 5.95 Å². The maximum Gasteiger partial charge on any atom is 0.258 e. The Morgan fingerprint density at radius 1 is 1.42 bits per heavy atom. The maximum atomic E-state index is 12.0. The van der Waals surface area contributed by atoms with Crippen LogP contribution in [0.15, 0.2) is 24.5 Å². The number of aromatic nitrogens is 3. The van der Waals surface area contributed by atoms with Crippen molar-refractivity contribution >= 4 is 11.9 Å². The van der Waals surface area contributed by atoms with Gasteiger partial charge in [0.15, 0.2) is 11.5 Å². The molecule has 1 amide bonds. The van der Waals surface area contributed by atoms with E-state index in [1.807, 2.05) is 6.92 Å². The molecule has 1 heterocycles. The topological polar surface area (TPSA) is 89.1 Å². The second kappa shape index (κ2) is 5.85. The minimum atomic E-state index is -0.307. The molecule has 2 rings (SSSR count). The quantitative estimate of drug-likeness (QED) is 0.851. The zero-order valence-corrected chi connectivity index (χ0v) is 10.6. The number of anilines is 1. The Kier molecular flexibility index (Phi) is 3.97. The summed E-state index contributed by atoms with van der Waals surface area (Å²) in [6.45, 7) is 2.41. The number of rotatable bonds is 5. The normalized spacial score (nSPS) is 10.0. The van der Waals surface area contributed by atoms with Gasteiger partial charge in [-0.25, -0.2) is 5.10 Å². The lowest BCUT2D eigenvalue weighted by atomic mass is 10.2. The van der Waals surface area contributed by atoms with Gasteiger partial charge in [-0.3, -0.25) is 10.1 Å². The highest BCUT2D eigenvalue weighted by Gasteiger charge is 2.12. The predicted octanol–water partition coefficient (Wildman–Crippen LogP) is 1.46. The smallest absolute Gasteiger partial charge is 0.258 e. The monoisotopic (exact) mass is 262 g/mol. The van der Waals surface area contributed by atoms with E-state index < -0.39 is 0 Å². The van der Waals surface area contributed by atoms with Gasteiger partial charge in [0.1, 0.15) is 6.33 Å². The molecule has 2 aromatic rings. The van der Waals surface area contributed by atoms with Gasteiger partial charge in [0.25, 0.3) is 5.91 Å². The summed E-state index contributed by atoms with van der Waals surface area (Å²) in [7, 11) is 1.52. The van der Waals surface area contributed by atoms with Crippen molar-refractivity contribution in [1.82, 2.24) is 15.2 Å². The van der Waals surface area contributed by atoms with Crippen molar-refractivity contribution in [3.8, 4) is 11.5 Å². The summed E-state index contributed by atoms with van der Waals surface area (Å²) >= 11 is 0. The predicted molar refractivity (Wildman–Crippen MR) is 68.5 cm³/mol. The van der Waals surface area contributed by atoms with E-state index in [0.29, 0.717) is 23.7 Å². The largest absolute Gasteiger partial charge is 0.493 e. The number of benzene rings is 1. The highest BCUT2D eigenvalue weighted by Crippen LogP contribution is 2.28. The van der Waals surface area contributed by atoms with Gasteiger partial charge >= 0.3 is 0 Å². The molecule has 0 aliphatic heterocycles. The Labute approximate surface area is 110 Å². The Morgan fingerprint density at radius 3 is 2.89 bits per heavy atom. The van der Waals surface area contributed by atoms with Crippen molar-refractivity contribution in [2.24, 2.45) is 0 Å². The van der Waals surface area contributed by atoms with E-state index in [1.165, 1.54) is 13.4 Å². The van der Waals surface area contributed by atoms with Crippen LogP contribution in [0.3, 0.4) is 0 Å². The SMILES string of the molecule is CCOc1ccc(C(=O)Nc2ncn[nH]2)cc1OC. The number of ether oxygens (including phenoxy) is 2. The number of methoxy groups -OCH3 is 1. The molecule has 0 atom stereocenters. The Balaban J connectivity index is 2.18. The summed E-state index contributed by atoms with van der Waals surface area (Å²) in [5.41, 5.74) is 0.441. The van der Waals surface area contributed by atoms with Gasteiger partial charge in [-0.05, 0) is 25.1 Å². The third-order valence-corrected chi connectivity index (χ3v) is 2.37. The van der Waals surface area contributed by atoms with Crippen LogP contribution in [-0.4, -0.2) is 34.8 Å². The van der Waals surface area contributed by atoms with E-state index in [2.05, 4.69) is 20.5 Å². The minimum absolute atomic E-state index is 0.290. The summed E-state index contributed by atoms with van der Waals surface area (Å²) in [5, 5.41) is 8.77. The average Bonchev–Trinajstić information content (AvgIpc) is 2.92. The van der Waals surface area contributed by atoms with Crippen molar-refractivity contribution in [1.29, 1.82) is 0 Å². The van der Waals surface area contributed by atoms with Crippen molar-refractivity contribution < 1.29 is 14.3 Å². The van der Waals surface area contributed by atoms with Crippen LogP contribution in [0, 0.1) is 0 Å². The second-order valence-corrected chi connectivity index (χ2v) is 3.59. The van der Waals surface area contributed by atoms with Crippen LogP contribution in [0.25, 0.3) is 0 Å². The first-order valence-electron chi connectivity index (χ1n) is 5.72. The van der Waals surface area contributed by atoms with Crippen molar-refractivity contribution in [3.05, 3.63) is 30.1 Å². The molecule has 0 spiro atoms. The number of amides is 1. The Morgan fingerprint density at radius 2 is 2.26 bits per heavy atom. The highest BCUT2D eigenvalue weighted by atomic mass is 16.5. The molecule has 0 bridgehead atoms. The van der Waals surface area contributed by atoms with Crippen LogP contribution >= 0.6 is 0 Å². The number of carbonyl (C=O) groups excluding carboxylic acids is 1. The van der Waals surface area contributed by atoms with Crippen LogP contribution in [0.4, 0.5) is 5.95 Å². The molecular weight excluding hydrogens is 248 g/mol. The van der Waals surface area contributed by atoms with Gasteiger partial charge in [0.05, 0.1) is 13.7 Å². The van der Waals surface area contributed by atoms with Gasteiger partial charge in [-0.15, -0.1) is 0 Å². The molecule has 0 saturated carbocycles. The molecule has 7 nitrogen and oxygen atoms in total. The van der Waals surface area contributed by atoms with E-state index in [1.54, 1.807) is 18.2 Å². The summed E-state index contributed by atoms with van der Waals surface area (Å²) in [4.78, 5) is 15.8. The van der Waals surface area contributed by atoms with Crippen molar-refractivity contribution in [2.75, 3.05) is 19.0 Å². The van der Waals surface area contributed by atoms with Crippen LogP contribution < -0.4 is 14.8 Å². The molecular formula is C12H14N4O3. The van der Waals surface area contributed by atoms with E-state index in [9.17, 15) is 4.79 Å². The molecule has 0 unspecified atom stereocenters. The summed E-state index contributed by atoms with van der Waals surface area (Å²) in [5.74, 6) is 1.09. The maximum absolute atomic E-state index is 12.0. The molecule has 19 heavy (non-hydrogen) atoms. The van der Waals surface area contributed by atoms with Crippen LogP contribution in [0.5, 0.6) is 11.5 Å². The number of nitrogens with zero attached hydrogens (tertiary/aromatic N) is 2. The zero-order valence-electron chi connectivity index (χ0n) is 10.6. The molecule has 1 aromatic heterocycles. The number of H-pyrrole nitrogens is 1. The molecule has 0 saturated heterocycles. The van der Waals surface area contributed by atoms with E-state index in [4.69, 9.17) is 9.47 Å². The molecule has 7 heteroatoms. The molecule has 2 N–H and O–H groups in total. The van der Waals surface area contributed by atoms with E-state index in [0.717, 1.165) is 0 Å². The summed E-state index contributed by atoms with van der Waals surface area (Å²) in [6, 6.07) is 4.95. The third kappa shape index (κ3) is 3.01. The summed E-state index contributed by atoms with van der Waals surface area (Å²) in [6.07, 6.45) is 1.31. The fraction of sp³-hybridized carbons (Fsp3) is 0.250. The van der Waals surface area contributed by atoms with Crippen molar-refractivity contribution in [3.63, 3.8) is 0 Å². The fourth-order valence-corrected chi connectivity index (χ4v) is 1.53. The first-order valence-corrected chi connectivity index (χ1v) is 5.72. The lowest BCUT2D eigenvalue weighted by Crippen LogP contribution is -2.13. The first-order chi connectivity index (χ1) is 9.24. The molecule has 0 aliphatic carbocycles. The molecule has 0 radical (unpaired) electrons. The lowest BCUT2D eigenvalue weighted by Gasteiger charge is -2.10. The molecule has 1 aromatic carbocycles. The number of aromatic amines is 1. The van der Waals surface area contributed by atoms with Crippen LogP contribution in [0.1, 0.15) is 17.3 Å². The number of hydrogen-bond donors (Lipinski definition) is 2. The van der Waals surface area contributed by atoms with Gasteiger partial charge in [-0.1, -0.05) is 0 Å². The number of nitrogens with one attached hydrogen (secondary N) is 2. The Hall–Kier alpha value is -2.57. The average molecular weight is 262 g/mol. The zero-order chi connectivity index (χ0) is 13.7. The fourth-order valence-electron chi connectivity index (χ4n) is 1.53. The van der Waals surface area contributed by atoms with Gasteiger partial charge in [-0.2, -0.15) is 10.1 Å². The second-order valence-electron chi connectivity index (χ2n) is 3.59. The van der Waals surface area contributed by atoms with Crippen LogP contribution in [-0.2, 0) is 0 Å². The lowest BCUT2D eigenvalue weighted by molar-refractivity contribution is 0.102. The summed E-state index contributed by atoms with van der Waals surface area (Å²) < 4.78 is 10.6. The van der Waals surface area contributed by atoms with Crippen LogP contribution in [0.2, 0.25) is 0 Å². The Bertz CT molecular complexity index is 554.